The third kappa shape index (κ3) is 5.58. The lowest BCUT2D eigenvalue weighted by Gasteiger charge is -2.09. The minimum atomic E-state index is -4.48. The van der Waals surface area contributed by atoms with Crippen LogP contribution in [0, 0.1) is 0 Å². The summed E-state index contributed by atoms with van der Waals surface area (Å²) >= 11 is 0.434. The number of ether oxygens (including phenoxy) is 1. The van der Waals surface area contributed by atoms with E-state index in [4.69, 9.17) is 0 Å². The molecular formula is C12H9F6N3OS. The Kier molecular flexibility index (Phi) is 4.97. The standard InChI is InChI=1S/C12H9F6N3OS/c13-11(14,15)6-22-9-3-7(1-2-19-9)4-20-10-21-5-8(23-10)12(16,17)18/h1-3,5H,4,6H2,(H,20,21). The van der Waals surface area contributed by atoms with Gasteiger partial charge in [-0.05, 0) is 11.6 Å². The molecule has 0 aliphatic heterocycles. The minimum absolute atomic E-state index is 0.0481. The summed E-state index contributed by atoms with van der Waals surface area (Å²) in [7, 11) is 0. The molecule has 0 unspecified atom stereocenters. The molecule has 2 aromatic heterocycles. The van der Waals surface area contributed by atoms with E-state index in [1.807, 2.05) is 0 Å². The van der Waals surface area contributed by atoms with E-state index in [0.717, 1.165) is 0 Å². The molecular weight excluding hydrogens is 348 g/mol. The van der Waals surface area contributed by atoms with Gasteiger partial charge < -0.3 is 10.1 Å². The second kappa shape index (κ2) is 6.60. The van der Waals surface area contributed by atoms with Gasteiger partial charge in [0, 0.05) is 18.8 Å². The molecule has 1 N–H and O–H groups in total. The molecule has 0 aromatic carbocycles. The number of anilines is 1. The highest BCUT2D eigenvalue weighted by Gasteiger charge is 2.33. The van der Waals surface area contributed by atoms with E-state index in [9.17, 15) is 26.3 Å². The van der Waals surface area contributed by atoms with Crippen LogP contribution in [-0.4, -0.2) is 22.8 Å². The zero-order valence-electron chi connectivity index (χ0n) is 11.2. The molecule has 0 aliphatic carbocycles. The number of rotatable bonds is 5. The summed E-state index contributed by atoms with van der Waals surface area (Å²) in [6.45, 7) is -1.41. The fourth-order valence-corrected chi connectivity index (χ4v) is 2.14. The minimum Gasteiger partial charge on any atom is -0.468 e. The van der Waals surface area contributed by atoms with Crippen molar-refractivity contribution in [1.82, 2.24) is 9.97 Å². The van der Waals surface area contributed by atoms with Crippen LogP contribution >= 0.6 is 11.3 Å². The van der Waals surface area contributed by atoms with Crippen LogP contribution in [0.4, 0.5) is 31.5 Å². The van der Waals surface area contributed by atoms with Gasteiger partial charge in [-0.2, -0.15) is 26.3 Å². The summed E-state index contributed by atoms with van der Waals surface area (Å²) in [6, 6.07) is 2.75. The van der Waals surface area contributed by atoms with Crippen molar-refractivity contribution >= 4 is 16.5 Å². The molecule has 0 bridgehead atoms. The Hall–Kier alpha value is -2.04. The molecule has 2 aromatic rings. The molecule has 2 heterocycles. The first-order valence-corrected chi connectivity index (χ1v) is 6.86. The van der Waals surface area contributed by atoms with Crippen LogP contribution in [0.3, 0.4) is 0 Å². The van der Waals surface area contributed by atoms with Crippen molar-refractivity contribution < 1.29 is 31.1 Å². The molecule has 0 aliphatic rings. The van der Waals surface area contributed by atoms with Crippen molar-refractivity contribution in [2.75, 3.05) is 11.9 Å². The lowest BCUT2D eigenvalue weighted by Crippen LogP contribution is -2.19. The summed E-state index contributed by atoms with van der Waals surface area (Å²) in [5, 5.41) is 2.70. The first-order valence-electron chi connectivity index (χ1n) is 6.05. The van der Waals surface area contributed by atoms with Crippen molar-refractivity contribution in [3.8, 4) is 5.88 Å². The lowest BCUT2D eigenvalue weighted by atomic mass is 10.2. The fraction of sp³-hybridized carbons (Fsp3) is 0.333. The largest absolute Gasteiger partial charge is 0.468 e. The van der Waals surface area contributed by atoms with Gasteiger partial charge in [0.05, 0.1) is 6.20 Å². The first kappa shape index (κ1) is 17.3. The molecule has 0 saturated carbocycles. The van der Waals surface area contributed by atoms with Crippen molar-refractivity contribution in [1.29, 1.82) is 0 Å². The Balaban J connectivity index is 1.94. The summed E-state index contributed by atoms with van der Waals surface area (Å²) < 4.78 is 77.9. The maximum atomic E-state index is 12.4. The van der Waals surface area contributed by atoms with E-state index in [0.29, 0.717) is 23.1 Å². The maximum Gasteiger partial charge on any atom is 0.427 e. The van der Waals surface area contributed by atoms with Crippen LogP contribution in [-0.2, 0) is 12.7 Å². The predicted octanol–water partition coefficient (Wildman–Crippen LogP) is 4.11. The van der Waals surface area contributed by atoms with E-state index in [1.54, 1.807) is 0 Å². The van der Waals surface area contributed by atoms with Gasteiger partial charge in [-0.3, -0.25) is 0 Å². The Morgan fingerprint density at radius 3 is 2.48 bits per heavy atom. The van der Waals surface area contributed by atoms with Gasteiger partial charge in [-0.1, -0.05) is 11.3 Å². The topological polar surface area (TPSA) is 47.0 Å². The molecule has 0 amide bonds. The Bertz CT molecular complexity index is 655. The molecule has 4 nitrogen and oxygen atoms in total. The van der Waals surface area contributed by atoms with E-state index in [-0.39, 0.29) is 17.6 Å². The number of nitrogens with zero attached hydrogens (tertiary/aromatic N) is 2. The summed E-state index contributed by atoms with van der Waals surface area (Å²) in [6.07, 6.45) is -7.00. The van der Waals surface area contributed by atoms with Gasteiger partial charge in [0.2, 0.25) is 5.88 Å². The van der Waals surface area contributed by atoms with Gasteiger partial charge in [0.15, 0.2) is 11.7 Å². The van der Waals surface area contributed by atoms with Gasteiger partial charge >= 0.3 is 12.4 Å². The Morgan fingerprint density at radius 1 is 1.13 bits per heavy atom. The average Bonchev–Trinajstić information content (AvgIpc) is 2.92. The normalized spacial score (nSPS) is 12.3. The highest BCUT2D eigenvalue weighted by atomic mass is 32.1. The smallest absolute Gasteiger partial charge is 0.427 e. The van der Waals surface area contributed by atoms with Gasteiger partial charge in [0.25, 0.3) is 0 Å². The SMILES string of the molecule is FC(F)(F)COc1cc(CNc2ncc(C(F)(F)F)s2)ccn1. The van der Waals surface area contributed by atoms with Gasteiger partial charge in [-0.25, -0.2) is 9.97 Å². The highest BCUT2D eigenvalue weighted by molar-refractivity contribution is 7.15. The average molecular weight is 357 g/mol. The molecule has 0 spiro atoms. The number of alkyl halides is 6. The molecule has 0 saturated heterocycles. The van der Waals surface area contributed by atoms with Gasteiger partial charge in [-0.15, -0.1) is 0 Å². The second-order valence-corrected chi connectivity index (χ2v) is 5.32. The molecule has 0 radical (unpaired) electrons. The van der Waals surface area contributed by atoms with Gasteiger partial charge in [0.1, 0.15) is 4.88 Å². The monoisotopic (exact) mass is 357 g/mol. The fourth-order valence-electron chi connectivity index (χ4n) is 1.46. The van der Waals surface area contributed by atoms with E-state index >= 15 is 0 Å². The summed E-state index contributed by atoms with van der Waals surface area (Å²) in [5.41, 5.74) is 0.487. The number of pyridine rings is 1. The molecule has 11 heteroatoms. The Labute approximate surface area is 130 Å². The van der Waals surface area contributed by atoms with Crippen LogP contribution in [0.25, 0.3) is 0 Å². The molecule has 126 valence electrons. The molecule has 2 rings (SSSR count). The first-order chi connectivity index (χ1) is 10.6. The van der Waals surface area contributed by atoms with Crippen LogP contribution in [0.15, 0.2) is 24.5 Å². The quantitative estimate of drug-likeness (QED) is 0.818. The predicted molar refractivity (Wildman–Crippen MR) is 70.2 cm³/mol. The highest BCUT2D eigenvalue weighted by Crippen LogP contribution is 2.35. The van der Waals surface area contributed by atoms with Crippen LogP contribution in [0.2, 0.25) is 0 Å². The number of hydrogen-bond acceptors (Lipinski definition) is 5. The number of hydrogen-bond donors (Lipinski definition) is 1. The van der Waals surface area contributed by atoms with E-state index in [1.165, 1.54) is 18.3 Å². The third-order valence-corrected chi connectivity index (χ3v) is 3.41. The van der Waals surface area contributed by atoms with Crippen molar-refractivity contribution in [2.24, 2.45) is 0 Å². The zero-order valence-corrected chi connectivity index (χ0v) is 12.0. The van der Waals surface area contributed by atoms with Crippen LogP contribution in [0.1, 0.15) is 10.4 Å². The molecule has 23 heavy (non-hydrogen) atoms. The summed E-state index contributed by atoms with van der Waals surface area (Å²) in [4.78, 5) is 6.36. The van der Waals surface area contributed by atoms with Crippen LogP contribution < -0.4 is 10.1 Å². The van der Waals surface area contributed by atoms with Crippen molar-refractivity contribution in [2.45, 2.75) is 18.9 Å². The summed E-state index contributed by atoms with van der Waals surface area (Å²) in [5.74, 6) is -0.225. The number of nitrogens with one attached hydrogen (secondary N) is 1. The number of thiazole rings is 1. The van der Waals surface area contributed by atoms with E-state index < -0.39 is 23.8 Å². The van der Waals surface area contributed by atoms with Crippen molar-refractivity contribution in [3.05, 3.63) is 35.0 Å². The zero-order chi connectivity index (χ0) is 17.1. The molecule has 0 fully saturated rings. The van der Waals surface area contributed by atoms with Crippen molar-refractivity contribution in [3.63, 3.8) is 0 Å². The maximum absolute atomic E-state index is 12.4. The number of halogens is 6. The lowest BCUT2D eigenvalue weighted by molar-refractivity contribution is -0.154. The second-order valence-electron chi connectivity index (χ2n) is 4.29. The third-order valence-electron chi connectivity index (χ3n) is 2.41. The van der Waals surface area contributed by atoms with E-state index in [2.05, 4.69) is 20.0 Å². The Morgan fingerprint density at radius 2 is 1.87 bits per heavy atom. The number of aromatic nitrogens is 2. The molecule has 0 atom stereocenters. The van der Waals surface area contributed by atoms with Crippen LogP contribution in [0.5, 0.6) is 5.88 Å².